The highest BCUT2D eigenvalue weighted by molar-refractivity contribution is 5.80. The van der Waals surface area contributed by atoms with Crippen LogP contribution >= 0.6 is 0 Å². The van der Waals surface area contributed by atoms with Crippen LogP contribution in [0.5, 0.6) is 5.75 Å². The molecular formula is C11H15NO2. The maximum atomic E-state index is 10.4. The highest BCUT2D eigenvalue weighted by atomic mass is 16.3. The molecule has 1 aromatic rings. The number of aromatic hydroxyl groups is 1. The lowest BCUT2D eigenvalue weighted by Gasteiger charge is -2.09. The molecule has 0 bridgehead atoms. The summed E-state index contributed by atoms with van der Waals surface area (Å²) in [6, 6.07) is 4.95. The first-order valence-corrected chi connectivity index (χ1v) is 4.65. The molecule has 0 aliphatic carbocycles. The fraction of sp³-hybridized carbons (Fsp3) is 0.364. The second kappa shape index (κ2) is 4.65. The number of phenols is 1. The van der Waals surface area contributed by atoms with Gasteiger partial charge < -0.3 is 10.4 Å². The van der Waals surface area contributed by atoms with Crippen molar-refractivity contribution in [3.8, 4) is 5.75 Å². The predicted molar refractivity (Wildman–Crippen MR) is 56.8 cm³/mol. The number of phenolic OH excluding ortho intramolecular Hbond substituents is 1. The molecule has 3 nitrogen and oxygen atoms in total. The lowest BCUT2D eigenvalue weighted by Crippen LogP contribution is -2.07. The summed E-state index contributed by atoms with van der Waals surface area (Å²) in [6.45, 7) is 5.05. The van der Waals surface area contributed by atoms with E-state index in [1.165, 1.54) is 0 Å². The highest BCUT2D eigenvalue weighted by Crippen LogP contribution is 2.20. The lowest BCUT2D eigenvalue weighted by atomic mass is 10.2. The van der Waals surface area contributed by atoms with E-state index in [1.807, 2.05) is 0 Å². The normalized spacial score (nSPS) is 10.2. The number of rotatable bonds is 4. The van der Waals surface area contributed by atoms with Crippen molar-refractivity contribution in [1.29, 1.82) is 0 Å². The smallest absolute Gasteiger partial charge is 0.153 e. The fourth-order valence-electron chi connectivity index (χ4n) is 1.08. The molecular weight excluding hydrogens is 178 g/mol. The molecule has 0 radical (unpaired) electrons. The van der Waals surface area contributed by atoms with Gasteiger partial charge in [-0.1, -0.05) is 13.8 Å². The van der Waals surface area contributed by atoms with Crippen LogP contribution in [0, 0.1) is 5.92 Å². The summed E-state index contributed by atoms with van der Waals surface area (Å²) in [5, 5.41) is 12.5. The van der Waals surface area contributed by atoms with Crippen molar-refractivity contribution in [3.63, 3.8) is 0 Å². The third-order valence-corrected chi connectivity index (χ3v) is 1.87. The molecule has 0 heterocycles. The molecule has 0 aromatic heterocycles. The number of benzene rings is 1. The van der Waals surface area contributed by atoms with E-state index < -0.39 is 0 Å². The summed E-state index contributed by atoms with van der Waals surface area (Å²) in [5.74, 6) is 0.566. The Balaban J connectivity index is 2.71. The molecule has 0 unspecified atom stereocenters. The Bertz CT molecular complexity index is 321. The molecule has 76 valence electrons. The first-order valence-electron chi connectivity index (χ1n) is 4.65. The monoisotopic (exact) mass is 193 g/mol. The van der Waals surface area contributed by atoms with Gasteiger partial charge in [0.25, 0.3) is 0 Å². The van der Waals surface area contributed by atoms with Crippen LogP contribution in [0.2, 0.25) is 0 Å². The predicted octanol–water partition coefficient (Wildman–Crippen LogP) is 2.27. The van der Waals surface area contributed by atoms with Gasteiger partial charge in [0.05, 0.1) is 5.56 Å². The SMILES string of the molecule is CC(C)CNc1ccc(C=O)c(O)c1. The van der Waals surface area contributed by atoms with E-state index in [0.29, 0.717) is 17.8 Å². The quantitative estimate of drug-likeness (QED) is 0.721. The molecule has 0 saturated carbocycles. The van der Waals surface area contributed by atoms with Crippen molar-refractivity contribution in [2.75, 3.05) is 11.9 Å². The molecule has 0 atom stereocenters. The molecule has 0 spiro atoms. The van der Waals surface area contributed by atoms with Crippen molar-refractivity contribution >= 4 is 12.0 Å². The van der Waals surface area contributed by atoms with Crippen molar-refractivity contribution in [1.82, 2.24) is 0 Å². The number of carbonyl (C=O) groups is 1. The molecule has 2 N–H and O–H groups in total. The van der Waals surface area contributed by atoms with E-state index in [0.717, 1.165) is 12.2 Å². The molecule has 1 aromatic carbocycles. The first-order chi connectivity index (χ1) is 6.63. The Morgan fingerprint density at radius 2 is 2.21 bits per heavy atom. The molecule has 0 saturated heterocycles. The van der Waals surface area contributed by atoms with Crippen LogP contribution in [0.25, 0.3) is 0 Å². The van der Waals surface area contributed by atoms with Gasteiger partial charge in [0, 0.05) is 18.3 Å². The van der Waals surface area contributed by atoms with Crippen LogP contribution < -0.4 is 5.32 Å². The largest absolute Gasteiger partial charge is 0.507 e. The zero-order chi connectivity index (χ0) is 10.6. The Hall–Kier alpha value is -1.51. The highest BCUT2D eigenvalue weighted by Gasteiger charge is 2.01. The van der Waals surface area contributed by atoms with Crippen molar-refractivity contribution in [3.05, 3.63) is 23.8 Å². The molecule has 3 heteroatoms. The van der Waals surface area contributed by atoms with Gasteiger partial charge in [0.1, 0.15) is 5.75 Å². The number of carbonyl (C=O) groups excluding carboxylic acids is 1. The van der Waals surface area contributed by atoms with Crippen LogP contribution in [0.3, 0.4) is 0 Å². The van der Waals surface area contributed by atoms with E-state index >= 15 is 0 Å². The van der Waals surface area contributed by atoms with Gasteiger partial charge in [-0.25, -0.2) is 0 Å². The third-order valence-electron chi connectivity index (χ3n) is 1.87. The van der Waals surface area contributed by atoms with Crippen LogP contribution in [-0.4, -0.2) is 17.9 Å². The maximum absolute atomic E-state index is 10.4. The number of aldehydes is 1. The summed E-state index contributed by atoms with van der Waals surface area (Å²) in [5.41, 5.74) is 1.15. The van der Waals surface area contributed by atoms with Crippen molar-refractivity contribution in [2.45, 2.75) is 13.8 Å². The molecule has 14 heavy (non-hydrogen) atoms. The van der Waals surface area contributed by atoms with Gasteiger partial charge in [-0.05, 0) is 18.1 Å². The Kier molecular flexibility index (Phi) is 3.51. The van der Waals surface area contributed by atoms with Crippen LogP contribution in [-0.2, 0) is 0 Å². The standard InChI is InChI=1S/C11H15NO2/c1-8(2)6-12-10-4-3-9(7-13)11(14)5-10/h3-5,7-8,12,14H,6H2,1-2H3. The summed E-state index contributed by atoms with van der Waals surface area (Å²) in [7, 11) is 0. The average molecular weight is 193 g/mol. The molecule has 0 aliphatic rings. The van der Waals surface area contributed by atoms with Gasteiger partial charge in [-0.2, -0.15) is 0 Å². The van der Waals surface area contributed by atoms with Crippen LogP contribution in [0.1, 0.15) is 24.2 Å². The maximum Gasteiger partial charge on any atom is 0.153 e. The average Bonchev–Trinajstić information content (AvgIpc) is 2.15. The second-order valence-electron chi connectivity index (χ2n) is 3.67. The van der Waals surface area contributed by atoms with Gasteiger partial charge in [0.2, 0.25) is 0 Å². The third kappa shape index (κ3) is 2.76. The zero-order valence-electron chi connectivity index (χ0n) is 8.45. The topological polar surface area (TPSA) is 49.3 Å². The lowest BCUT2D eigenvalue weighted by molar-refractivity contribution is 0.112. The second-order valence-corrected chi connectivity index (χ2v) is 3.67. The first kappa shape index (κ1) is 10.6. The number of anilines is 1. The van der Waals surface area contributed by atoms with Gasteiger partial charge in [0.15, 0.2) is 6.29 Å². The van der Waals surface area contributed by atoms with E-state index in [-0.39, 0.29) is 5.75 Å². The number of hydrogen-bond acceptors (Lipinski definition) is 3. The summed E-state index contributed by atoms with van der Waals surface area (Å²) >= 11 is 0. The summed E-state index contributed by atoms with van der Waals surface area (Å²) in [4.78, 5) is 10.4. The molecule has 0 fully saturated rings. The fourth-order valence-corrected chi connectivity index (χ4v) is 1.08. The van der Waals surface area contributed by atoms with E-state index in [9.17, 15) is 9.90 Å². The summed E-state index contributed by atoms with van der Waals surface area (Å²) in [6.07, 6.45) is 0.640. The van der Waals surface area contributed by atoms with Crippen molar-refractivity contribution in [2.24, 2.45) is 5.92 Å². The van der Waals surface area contributed by atoms with Crippen LogP contribution in [0.4, 0.5) is 5.69 Å². The minimum absolute atomic E-state index is 0.0220. The molecule has 0 aliphatic heterocycles. The van der Waals surface area contributed by atoms with E-state index in [4.69, 9.17) is 0 Å². The zero-order valence-corrected chi connectivity index (χ0v) is 8.45. The van der Waals surface area contributed by atoms with Gasteiger partial charge in [-0.15, -0.1) is 0 Å². The number of nitrogens with one attached hydrogen (secondary N) is 1. The Morgan fingerprint density at radius 1 is 1.50 bits per heavy atom. The van der Waals surface area contributed by atoms with E-state index in [1.54, 1.807) is 18.2 Å². The minimum atomic E-state index is 0.0220. The number of hydrogen-bond donors (Lipinski definition) is 2. The van der Waals surface area contributed by atoms with Gasteiger partial charge >= 0.3 is 0 Å². The van der Waals surface area contributed by atoms with E-state index in [2.05, 4.69) is 19.2 Å². The minimum Gasteiger partial charge on any atom is -0.507 e. The molecule has 0 amide bonds. The molecule has 1 rings (SSSR count). The van der Waals surface area contributed by atoms with Crippen LogP contribution in [0.15, 0.2) is 18.2 Å². The Morgan fingerprint density at radius 3 is 2.71 bits per heavy atom. The summed E-state index contributed by atoms with van der Waals surface area (Å²) < 4.78 is 0. The Labute approximate surface area is 83.8 Å². The van der Waals surface area contributed by atoms with Gasteiger partial charge in [-0.3, -0.25) is 4.79 Å². The van der Waals surface area contributed by atoms with Crippen molar-refractivity contribution < 1.29 is 9.90 Å².